The van der Waals surface area contributed by atoms with Crippen molar-refractivity contribution in [1.29, 1.82) is 0 Å². The first-order chi connectivity index (χ1) is 12.5. The van der Waals surface area contributed by atoms with E-state index in [0.717, 1.165) is 22.5 Å². The monoisotopic (exact) mass is 349 g/mol. The number of aromatic nitrogens is 2. The number of nitrogens with one attached hydrogen (secondary N) is 1. The number of anilines is 1. The Hall–Kier alpha value is -3.08. The predicted octanol–water partition coefficient (Wildman–Crippen LogP) is 4.45. The van der Waals surface area contributed by atoms with Crippen LogP contribution < -0.4 is 10.1 Å². The number of carbonyl (C=O) groups is 1. The lowest BCUT2D eigenvalue weighted by molar-refractivity contribution is 0.102. The highest BCUT2D eigenvalue weighted by molar-refractivity contribution is 6.05. The first-order valence-corrected chi connectivity index (χ1v) is 8.66. The molecule has 26 heavy (non-hydrogen) atoms. The van der Waals surface area contributed by atoms with Gasteiger partial charge in [0.25, 0.3) is 5.91 Å². The molecule has 0 saturated carbocycles. The average Bonchev–Trinajstić information content (AvgIpc) is 2.99. The van der Waals surface area contributed by atoms with Crippen molar-refractivity contribution in [2.45, 2.75) is 27.7 Å². The van der Waals surface area contributed by atoms with E-state index in [4.69, 9.17) is 4.74 Å². The lowest BCUT2D eigenvalue weighted by Gasteiger charge is -2.12. The Morgan fingerprint density at radius 3 is 2.65 bits per heavy atom. The molecule has 0 aliphatic heterocycles. The van der Waals surface area contributed by atoms with E-state index in [0.29, 0.717) is 23.6 Å². The van der Waals surface area contributed by atoms with E-state index in [9.17, 15) is 4.79 Å². The summed E-state index contributed by atoms with van der Waals surface area (Å²) in [5.41, 5.74) is 5.14. The number of hydrogen-bond donors (Lipinski definition) is 1. The maximum absolute atomic E-state index is 12.8. The third kappa shape index (κ3) is 3.47. The topological polar surface area (TPSA) is 56.1 Å². The maximum atomic E-state index is 12.8. The summed E-state index contributed by atoms with van der Waals surface area (Å²) in [4.78, 5) is 12.8. The molecule has 5 heteroatoms. The smallest absolute Gasteiger partial charge is 0.259 e. The van der Waals surface area contributed by atoms with E-state index in [1.54, 1.807) is 10.9 Å². The molecular formula is C21H23N3O2. The quantitative estimate of drug-likeness (QED) is 0.740. The number of rotatable bonds is 5. The summed E-state index contributed by atoms with van der Waals surface area (Å²) >= 11 is 0. The summed E-state index contributed by atoms with van der Waals surface area (Å²) < 4.78 is 7.43. The van der Waals surface area contributed by atoms with Gasteiger partial charge in [0.2, 0.25) is 0 Å². The third-order valence-corrected chi connectivity index (χ3v) is 4.28. The second-order valence-corrected chi connectivity index (χ2v) is 6.23. The Morgan fingerprint density at radius 2 is 1.92 bits per heavy atom. The molecule has 134 valence electrons. The van der Waals surface area contributed by atoms with E-state index in [1.807, 2.05) is 70.2 Å². The van der Waals surface area contributed by atoms with Crippen molar-refractivity contribution in [3.63, 3.8) is 0 Å². The minimum atomic E-state index is -0.202. The second kappa shape index (κ2) is 7.44. The van der Waals surface area contributed by atoms with Crippen LogP contribution in [0.4, 0.5) is 5.69 Å². The van der Waals surface area contributed by atoms with E-state index in [-0.39, 0.29) is 5.91 Å². The van der Waals surface area contributed by atoms with E-state index in [2.05, 4.69) is 10.4 Å². The summed E-state index contributed by atoms with van der Waals surface area (Å²) in [6.07, 6.45) is 1.60. The fourth-order valence-electron chi connectivity index (χ4n) is 2.87. The van der Waals surface area contributed by atoms with Crippen molar-refractivity contribution in [2.75, 3.05) is 11.9 Å². The maximum Gasteiger partial charge on any atom is 0.259 e. The van der Waals surface area contributed by atoms with Crippen LogP contribution in [0.15, 0.2) is 48.7 Å². The number of benzene rings is 2. The predicted molar refractivity (Wildman–Crippen MR) is 103 cm³/mol. The number of nitrogens with zero attached hydrogens (tertiary/aromatic N) is 2. The zero-order valence-corrected chi connectivity index (χ0v) is 15.5. The molecule has 0 atom stereocenters. The van der Waals surface area contributed by atoms with Crippen molar-refractivity contribution in [2.24, 2.45) is 0 Å². The zero-order chi connectivity index (χ0) is 18.7. The van der Waals surface area contributed by atoms with Gasteiger partial charge in [-0.15, -0.1) is 0 Å². The first-order valence-electron chi connectivity index (χ1n) is 8.66. The van der Waals surface area contributed by atoms with Crippen molar-refractivity contribution in [3.05, 3.63) is 71.0 Å². The Kier molecular flexibility index (Phi) is 5.07. The number of ether oxygens (including phenoxy) is 1. The SMILES string of the molecule is CCOc1cc(C)ccc1NC(=O)c1cnn(-c2ccccc2C)c1C. The number of carbonyl (C=O) groups excluding carboxylic acids is 1. The molecule has 0 spiro atoms. The zero-order valence-electron chi connectivity index (χ0n) is 15.5. The second-order valence-electron chi connectivity index (χ2n) is 6.23. The van der Waals surface area contributed by atoms with Gasteiger partial charge < -0.3 is 10.1 Å². The summed E-state index contributed by atoms with van der Waals surface area (Å²) in [7, 11) is 0. The Labute approximate surface area is 153 Å². The molecular weight excluding hydrogens is 326 g/mol. The molecule has 0 unspecified atom stereocenters. The van der Waals surface area contributed by atoms with Crippen LogP contribution in [0, 0.1) is 20.8 Å². The molecule has 3 aromatic rings. The minimum absolute atomic E-state index is 0.202. The fraction of sp³-hybridized carbons (Fsp3) is 0.238. The fourth-order valence-corrected chi connectivity index (χ4v) is 2.87. The molecule has 3 rings (SSSR count). The van der Waals surface area contributed by atoms with Crippen molar-refractivity contribution in [1.82, 2.24) is 9.78 Å². The van der Waals surface area contributed by atoms with Crippen LogP contribution in [0.2, 0.25) is 0 Å². The number of hydrogen-bond acceptors (Lipinski definition) is 3. The Balaban J connectivity index is 1.90. The van der Waals surface area contributed by atoms with Crippen LogP contribution in [0.1, 0.15) is 34.1 Å². The molecule has 2 aromatic carbocycles. The standard InChI is InChI=1S/C21H23N3O2/c1-5-26-20-12-14(2)10-11-18(20)23-21(25)17-13-22-24(16(17)4)19-9-7-6-8-15(19)3/h6-13H,5H2,1-4H3,(H,23,25). The van der Waals surface area contributed by atoms with E-state index >= 15 is 0 Å². The number of aryl methyl sites for hydroxylation is 2. The summed E-state index contributed by atoms with van der Waals surface area (Å²) in [6, 6.07) is 13.7. The highest BCUT2D eigenvalue weighted by atomic mass is 16.5. The third-order valence-electron chi connectivity index (χ3n) is 4.28. The van der Waals surface area contributed by atoms with Crippen molar-refractivity contribution in [3.8, 4) is 11.4 Å². The summed E-state index contributed by atoms with van der Waals surface area (Å²) in [5.74, 6) is 0.469. The minimum Gasteiger partial charge on any atom is -0.492 e. The van der Waals surface area contributed by atoms with Gasteiger partial charge in [0.05, 0.1) is 35.4 Å². The van der Waals surface area contributed by atoms with Crippen molar-refractivity contribution >= 4 is 11.6 Å². The molecule has 1 N–H and O–H groups in total. The molecule has 0 fully saturated rings. The van der Waals surface area contributed by atoms with Crippen LogP contribution in [-0.4, -0.2) is 22.3 Å². The summed E-state index contributed by atoms with van der Waals surface area (Å²) in [5, 5.41) is 7.35. The van der Waals surface area contributed by atoms with Gasteiger partial charge >= 0.3 is 0 Å². The highest BCUT2D eigenvalue weighted by Gasteiger charge is 2.17. The lowest BCUT2D eigenvalue weighted by Crippen LogP contribution is -2.14. The van der Waals surface area contributed by atoms with E-state index < -0.39 is 0 Å². The molecule has 1 heterocycles. The van der Waals surface area contributed by atoms with Gasteiger partial charge in [0, 0.05) is 0 Å². The largest absolute Gasteiger partial charge is 0.492 e. The average molecular weight is 349 g/mol. The van der Waals surface area contributed by atoms with Crippen LogP contribution in [0.3, 0.4) is 0 Å². The van der Waals surface area contributed by atoms with Gasteiger partial charge in [0.15, 0.2) is 0 Å². The van der Waals surface area contributed by atoms with Crippen molar-refractivity contribution < 1.29 is 9.53 Å². The normalized spacial score (nSPS) is 10.6. The molecule has 0 aliphatic rings. The number of amides is 1. The van der Waals surface area contributed by atoms with E-state index in [1.165, 1.54) is 0 Å². The summed E-state index contributed by atoms with van der Waals surface area (Å²) in [6.45, 7) is 8.37. The molecule has 0 bridgehead atoms. The molecule has 0 saturated heterocycles. The molecule has 0 aliphatic carbocycles. The Morgan fingerprint density at radius 1 is 1.15 bits per heavy atom. The molecule has 0 radical (unpaired) electrons. The van der Waals surface area contributed by atoms with Gasteiger partial charge in [0.1, 0.15) is 5.75 Å². The van der Waals surface area contributed by atoms with Crippen LogP contribution >= 0.6 is 0 Å². The van der Waals surface area contributed by atoms with Crippen LogP contribution in [0.25, 0.3) is 5.69 Å². The lowest BCUT2D eigenvalue weighted by atomic mass is 10.1. The molecule has 1 aromatic heterocycles. The van der Waals surface area contributed by atoms with Gasteiger partial charge in [-0.1, -0.05) is 24.3 Å². The van der Waals surface area contributed by atoms with Gasteiger partial charge in [-0.05, 0) is 57.0 Å². The van der Waals surface area contributed by atoms with Crippen LogP contribution in [-0.2, 0) is 0 Å². The highest BCUT2D eigenvalue weighted by Crippen LogP contribution is 2.27. The molecule has 5 nitrogen and oxygen atoms in total. The first kappa shape index (κ1) is 17.7. The van der Waals surface area contributed by atoms with Gasteiger partial charge in [-0.3, -0.25) is 4.79 Å². The molecule has 1 amide bonds. The van der Waals surface area contributed by atoms with Crippen LogP contribution in [0.5, 0.6) is 5.75 Å². The van der Waals surface area contributed by atoms with Gasteiger partial charge in [-0.2, -0.15) is 5.10 Å². The Bertz CT molecular complexity index is 944. The number of para-hydroxylation sites is 1. The van der Waals surface area contributed by atoms with Gasteiger partial charge in [-0.25, -0.2) is 4.68 Å².